The van der Waals surface area contributed by atoms with E-state index in [9.17, 15) is 17.6 Å². The molecule has 0 bridgehead atoms. The van der Waals surface area contributed by atoms with Crippen LogP contribution in [-0.4, -0.2) is 14.8 Å². The Morgan fingerprint density at radius 1 is 1.24 bits per heavy atom. The maximum absolute atomic E-state index is 14.0. The van der Waals surface area contributed by atoms with Crippen LogP contribution in [0.3, 0.4) is 0 Å². The van der Waals surface area contributed by atoms with Gasteiger partial charge in [0.2, 0.25) is 0 Å². The molecule has 1 aromatic heterocycles. The summed E-state index contributed by atoms with van der Waals surface area (Å²) in [6.45, 7) is 0. The van der Waals surface area contributed by atoms with Gasteiger partial charge in [0.1, 0.15) is 11.6 Å². The van der Waals surface area contributed by atoms with E-state index in [0.717, 1.165) is 31.0 Å². The molecule has 1 saturated carbocycles. The number of aromatic nitrogens is 3. The molecule has 112 valence electrons. The van der Waals surface area contributed by atoms with E-state index in [2.05, 4.69) is 26.1 Å². The molecule has 1 heterocycles. The standard InChI is InChI=1S/C13H10BrF4N3/c14-6-11-19-20-12(21(11)8-2-3-8)9-5-7(13(16,17)18)1-4-10(9)15/h1,4-5,8H,2-3,6H2. The van der Waals surface area contributed by atoms with Gasteiger partial charge in [-0.2, -0.15) is 13.2 Å². The quantitative estimate of drug-likeness (QED) is 0.600. The summed E-state index contributed by atoms with van der Waals surface area (Å²) < 4.78 is 54.0. The summed E-state index contributed by atoms with van der Waals surface area (Å²) in [5.41, 5.74) is -1.07. The van der Waals surface area contributed by atoms with Gasteiger partial charge in [-0.3, -0.25) is 0 Å². The lowest BCUT2D eigenvalue weighted by Crippen LogP contribution is -2.07. The van der Waals surface area contributed by atoms with Crippen molar-refractivity contribution in [2.75, 3.05) is 0 Å². The Kier molecular flexibility index (Phi) is 3.51. The Hall–Kier alpha value is -1.44. The Labute approximate surface area is 126 Å². The molecule has 3 nitrogen and oxygen atoms in total. The predicted octanol–water partition coefficient (Wildman–Crippen LogP) is 4.33. The molecular weight excluding hydrogens is 354 g/mol. The number of halogens is 5. The first kappa shape index (κ1) is 14.5. The van der Waals surface area contributed by atoms with E-state index in [1.807, 2.05) is 0 Å². The zero-order chi connectivity index (χ0) is 15.2. The van der Waals surface area contributed by atoms with E-state index < -0.39 is 17.6 Å². The third kappa shape index (κ3) is 2.68. The molecule has 2 aromatic rings. The van der Waals surface area contributed by atoms with Gasteiger partial charge in [0, 0.05) is 6.04 Å². The normalized spacial score (nSPS) is 15.5. The molecule has 0 spiro atoms. The summed E-state index contributed by atoms with van der Waals surface area (Å²) in [7, 11) is 0. The summed E-state index contributed by atoms with van der Waals surface area (Å²) in [6, 6.07) is 2.47. The van der Waals surface area contributed by atoms with Crippen molar-refractivity contribution < 1.29 is 17.6 Å². The van der Waals surface area contributed by atoms with Crippen LogP contribution in [0.1, 0.15) is 30.3 Å². The summed E-state index contributed by atoms with van der Waals surface area (Å²) >= 11 is 3.26. The summed E-state index contributed by atoms with van der Waals surface area (Å²) in [6.07, 6.45) is -2.73. The Morgan fingerprint density at radius 3 is 2.52 bits per heavy atom. The van der Waals surface area contributed by atoms with E-state index in [4.69, 9.17) is 0 Å². The third-order valence-electron chi connectivity index (χ3n) is 3.33. The first-order valence-corrected chi connectivity index (χ1v) is 7.41. The number of benzene rings is 1. The lowest BCUT2D eigenvalue weighted by molar-refractivity contribution is -0.137. The number of rotatable bonds is 3. The van der Waals surface area contributed by atoms with Crippen LogP contribution >= 0.6 is 15.9 Å². The highest BCUT2D eigenvalue weighted by molar-refractivity contribution is 9.08. The van der Waals surface area contributed by atoms with Crippen molar-refractivity contribution >= 4 is 15.9 Å². The number of hydrogen-bond donors (Lipinski definition) is 0. The molecule has 0 atom stereocenters. The van der Waals surface area contributed by atoms with Gasteiger partial charge in [0.05, 0.1) is 16.5 Å². The van der Waals surface area contributed by atoms with E-state index >= 15 is 0 Å². The number of nitrogens with zero attached hydrogens (tertiary/aromatic N) is 3. The van der Waals surface area contributed by atoms with Crippen LogP contribution in [0.5, 0.6) is 0 Å². The first-order valence-electron chi connectivity index (χ1n) is 6.28. The van der Waals surface area contributed by atoms with Gasteiger partial charge in [-0.1, -0.05) is 15.9 Å². The Balaban J connectivity index is 2.14. The van der Waals surface area contributed by atoms with Gasteiger partial charge in [0.25, 0.3) is 0 Å². The first-order chi connectivity index (χ1) is 9.91. The molecule has 1 fully saturated rings. The highest BCUT2D eigenvalue weighted by atomic mass is 79.9. The van der Waals surface area contributed by atoms with Crippen LogP contribution in [0.2, 0.25) is 0 Å². The average molecular weight is 364 g/mol. The van der Waals surface area contributed by atoms with Crippen molar-refractivity contribution in [2.24, 2.45) is 0 Å². The van der Waals surface area contributed by atoms with E-state index in [0.29, 0.717) is 11.2 Å². The molecule has 0 N–H and O–H groups in total. The van der Waals surface area contributed by atoms with E-state index in [1.54, 1.807) is 4.57 Å². The van der Waals surface area contributed by atoms with Crippen LogP contribution in [0.15, 0.2) is 18.2 Å². The van der Waals surface area contributed by atoms with Gasteiger partial charge in [-0.25, -0.2) is 4.39 Å². The van der Waals surface area contributed by atoms with E-state index in [1.165, 1.54) is 0 Å². The van der Waals surface area contributed by atoms with Crippen LogP contribution < -0.4 is 0 Å². The van der Waals surface area contributed by atoms with E-state index in [-0.39, 0.29) is 17.4 Å². The zero-order valence-corrected chi connectivity index (χ0v) is 12.2. The van der Waals surface area contributed by atoms with Crippen LogP contribution in [-0.2, 0) is 11.5 Å². The molecule has 0 radical (unpaired) electrons. The molecule has 8 heteroatoms. The maximum Gasteiger partial charge on any atom is 0.416 e. The Bertz CT molecular complexity index is 677. The smallest absolute Gasteiger partial charge is 0.307 e. The predicted molar refractivity (Wildman–Crippen MR) is 71.3 cm³/mol. The largest absolute Gasteiger partial charge is 0.416 e. The molecular formula is C13H10BrF4N3. The van der Waals surface area contributed by atoms with Gasteiger partial charge in [-0.05, 0) is 31.0 Å². The second-order valence-corrected chi connectivity index (χ2v) is 5.43. The van der Waals surface area contributed by atoms with Gasteiger partial charge < -0.3 is 4.57 Å². The zero-order valence-electron chi connectivity index (χ0n) is 10.7. The topological polar surface area (TPSA) is 30.7 Å². The summed E-state index contributed by atoms with van der Waals surface area (Å²) in [5.74, 6) is -0.00159. The van der Waals surface area contributed by atoms with Gasteiger partial charge in [0.15, 0.2) is 5.82 Å². The highest BCUT2D eigenvalue weighted by Crippen LogP contribution is 2.40. The number of alkyl halides is 4. The molecule has 0 unspecified atom stereocenters. The average Bonchev–Trinajstić information content (AvgIpc) is 3.17. The third-order valence-corrected chi connectivity index (χ3v) is 3.83. The summed E-state index contributed by atoms with van der Waals surface area (Å²) in [4.78, 5) is 0. The molecule has 1 aliphatic carbocycles. The maximum atomic E-state index is 14.0. The van der Waals surface area contributed by atoms with Crippen molar-refractivity contribution in [3.63, 3.8) is 0 Å². The van der Waals surface area contributed by atoms with Crippen molar-refractivity contribution in [3.8, 4) is 11.4 Å². The molecule has 1 aliphatic rings. The van der Waals surface area contributed by atoms with Gasteiger partial charge in [-0.15, -0.1) is 10.2 Å². The van der Waals surface area contributed by atoms with Gasteiger partial charge >= 0.3 is 6.18 Å². The second-order valence-electron chi connectivity index (χ2n) is 4.87. The highest BCUT2D eigenvalue weighted by Gasteiger charge is 2.34. The van der Waals surface area contributed by atoms with Crippen molar-refractivity contribution in [2.45, 2.75) is 30.4 Å². The molecule has 1 aromatic carbocycles. The lowest BCUT2D eigenvalue weighted by atomic mass is 10.1. The SMILES string of the molecule is Fc1ccc(C(F)(F)F)cc1-c1nnc(CBr)n1C1CC1. The summed E-state index contributed by atoms with van der Waals surface area (Å²) in [5, 5.41) is 8.22. The van der Waals surface area contributed by atoms with Crippen molar-refractivity contribution in [3.05, 3.63) is 35.4 Å². The molecule has 0 saturated heterocycles. The number of hydrogen-bond acceptors (Lipinski definition) is 2. The Morgan fingerprint density at radius 2 is 1.95 bits per heavy atom. The monoisotopic (exact) mass is 363 g/mol. The fourth-order valence-electron chi connectivity index (χ4n) is 2.19. The van der Waals surface area contributed by atoms with Crippen molar-refractivity contribution in [1.82, 2.24) is 14.8 Å². The molecule has 0 aliphatic heterocycles. The molecule has 21 heavy (non-hydrogen) atoms. The van der Waals surface area contributed by atoms with Crippen molar-refractivity contribution in [1.29, 1.82) is 0 Å². The minimum atomic E-state index is -4.52. The minimum Gasteiger partial charge on any atom is -0.307 e. The fraction of sp³-hybridized carbons (Fsp3) is 0.385. The van der Waals surface area contributed by atoms with Crippen LogP contribution in [0.4, 0.5) is 17.6 Å². The van der Waals surface area contributed by atoms with Crippen LogP contribution in [0.25, 0.3) is 11.4 Å². The van der Waals surface area contributed by atoms with Crippen LogP contribution in [0, 0.1) is 5.82 Å². The lowest BCUT2D eigenvalue weighted by Gasteiger charge is -2.11. The fourth-order valence-corrected chi connectivity index (χ4v) is 2.57. The minimum absolute atomic E-state index is 0.136. The molecule has 3 rings (SSSR count). The molecule has 0 amide bonds. The second kappa shape index (κ2) is 5.08.